The summed E-state index contributed by atoms with van der Waals surface area (Å²) in [5.74, 6) is 0. The van der Waals surface area contributed by atoms with Gasteiger partial charge in [-0.1, -0.05) is 17.7 Å². The van der Waals surface area contributed by atoms with Crippen molar-refractivity contribution in [1.82, 2.24) is 5.32 Å². The van der Waals surface area contributed by atoms with Crippen LogP contribution in [0.4, 0.5) is 0 Å². The Morgan fingerprint density at radius 2 is 2.11 bits per heavy atom. The Kier molecular flexibility index (Phi) is 3.73. The van der Waals surface area contributed by atoms with Crippen molar-refractivity contribution >= 4 is 40.2 Å². The number of thiophene rings is 1. The lowest BCUT2D eigenvalue weighted by molar-refractivity contribution is 0.889. The molecule has 0 saturated carbocycles. The number of hydrogen-bond acceptors (Lipinski definition) is 3. The molecule has 0 saturated heterocycles. The van der Waals surface area contributed by atoms with Gasteiger partial charge in [-0.05, 0) is 31.4 Å². The van der Waals surface area contributed by atoms with Crippen LogP contribution in [0.2, 0.25) is 0 Å². The van der Waals surface area contributed by atoms with Gasteiger partial charge >= 0.3 is 0 Å². The molecule has 0 spiro atoms. The van der Waals surface area contributed by atoms with Crippen LogP contribution in [-0.2, 0) is 0 Å². The first-order chi connectivity index (χ1) is 8.25. The Balaban J connectivity index is 0.00000120. The smallest absolute Gasteiger partial charge is 0.0981 e. The molecule has 1 atom stereocenters. The number of benzene rings is 1. The Bertz CT molecular complexity index is 616. The van der Waals surface area contributed by atoms with Gasteiger partial charge in [-0.2, -0.15) is 0 Å². The maximum absolute atomic E-state index is 4.50. The molecule has 0 amide bonds. The van der Waals surface area contributed by atoms with E-state index in [4.69, 9.17) is 0 Å². The molecule has 94 valence electrons. The molecule has 1 N–H and O–H groups in total. The van der Waals surface area contributed by atoms with Crippen LogP contribution in [-0.4, -0.2) is 6.34 Å². The van der Waals surface area contributed by atoms with Crippen molar-refractivity contribution in [3.63, 3.8) is 0 Å². The molecule has 1 aromatic heterocycles. The summed E-state index contributed by atoms with van der Waals surface area (Å²) >= 11 is 1.85. The van der Waals surface area contributed by atoms with Crippen LogP contribution in [0.3, 0.4) is 0 Å². The van der Waals surface area contributed by atoms with Crippen LogP contribution in [0.25, 0.3) is 10.1 Å². The van der Waals surface area contributed by atoms with E-state index < -0.39 is 0 Å². The standard InChI is InChI=1S/C14H14N2S.ClH/c1-9-3-4-13-11(7-9)14(10(2)17-13)12-5-6-15-8-16-12;/h3-8,12H,1-2H3,(H,15,16);1H. The fraction of sp³-hybridized carbons (Fsp3) is 0.214. The molecule has 4 heteroatoms. The van der Waals surface area contributed by atoms with Crippen molar-refractivity contribution in [2.24, 2.45) is 4.99 Å². The van der Waals surface area contributed by atoms with E-state index in [9.17, 15) is 0 Å². The van der Waals surface area contributed by atoms with Gasteiger partial charge in [0.25, 0.3) is 0 Å². The van der Waals surface area contributed by atoms with Gasteiger partial charge in [-0.3, -0.25) is 4.99 Å². The number of halogens is 1. The normalized spacial score (nSPS) is 17.6. The average molecular weight is 279 g/mol. The second kappa shape index (κ2) is 5.12. The Labute approximate surface area is 117 Å². The zero-order chi connectivity index (χ0) is 11.8. The van der Waals surface area contributed by atoms with Gasteiger partial charge in [0, 0.05) is 21.3 Å². The molecule has 3 rings (SSSR count). The largest absolute Gasteiger partial charge is 0.353 e. The summed E-state index contributed by atoms with van der Waals surface area (Å²) in [6.07, 6.45) is 5.83. The first-order valence-corrected chi connectivity index (χ1v) is 6.51. The minimum atomic E-state index is 0. The van der Waals surface area contributed by atoms with Crippen molar-refractivity contribution in [2.45, 2.75) is 19.9 Å². The fourth-order valence-electron chi connectivity index (χ4n) is 2.25. The molecule has 18 heavy (non-hydrogen) atoms. The lowest BCUT2D eigenvalue weighted by atomic mass is 10.0. The number of aliphatic imine (C=N–C) groups is 1. The summed E-state index contributed by atoms with van der Waals surface area (Å²) in [5, 5.41) is 4.34. The molecule has 0 fully saturated rings. The number of fused-ring (bicyclic) bond motifs is 1. The van der Waals surface area contributed by atoms with Gasteiger partial charge in [-0.15, -0.1) is 23.7 Å². The third kappa shape index (κ3) is 2.16. The van der Waals surface area contributed by atoms with Crippen molar-refractivity contribution in [3.8, 4) is 0 Å². The third-order valence-corrected chi connectivity index (χ3v) is 4.15. The van der Waals surface area contributed by atoms with Gasteiger partial charge in [0.1, 0.15) is 0 Å². The van der Waals surface area contributed by atoms with Crippen molar-refractivity contribution in [3.05, 3.63) is 46.5 Å². The van der Waals surface area contributed by atoms with Crippen molar-refractivity contribution in [2.75, 3.05) is 0 Å². The molecule has 1 aromatic carbocycles. The van der Waals surface area contributed by atoms with Crippen LogP contribution in [0.1, 0.15) is 22.0 Å². The van der Waals surface area contributed by atoms with E-state index in [0.717, 1.165) is 0 Å². The van der Waals surface area contributed by atoms with Gasteiger partial charge in [0.15, 0.2) is 0 Å². The quantitative estimate of drug-likeness (QED) is 0.833. The van der Waals surface area contributed by atoms with E-state index in [0.29, 0.717) is 0 Å². The zero-order valence-electron chi connectivity index (χ0n) is 10.3. The van der Waals surface area contributed by atoms with E-state index >= 15 is 0 Å². The number of rotatable bonds is 1. The van der Waals surface area contributed by atoms with Crippen LogP contribution in [0.15, 0.2) is 35.5 Å². The summed E-state index contributed by atoms with van der Waals surface area (Å²) in [4.78, 5) is 5.86. The molecular weight excluding hydrogens is 264 g/mol. The minimum absolute atomic E-state index is 0. The summed E-state index contributed by atoms with van der Waals surface area (Å²) in [7, 11) is 0. The van der Waals surface area contributed by atoms with Gasteiger partial charge < -0.3 is 5.32 Å². The summed E-state index contributed by atoms with van der Waals surface area (Å²) in [6.45, 7) is 4.32. The van der Waals surface area contributed by atoms with Gasteiger partial charge in [-0.25, -0.2) is 0 Å². The molecule has 2 aromatic rings. The molecule has 1 aliphatic heterocycles. The molecule has 0 radical (unpaired) electrons. The van der Waals surface area contributed by atoms with Crippen LogP contribution in [0.5, 0.6) is 0 Å². The lowest BCUT2D eigenvalue weighted by Crippen LogP contribution is -2.08. The molecule has 1 aliphatic rings. The maximum Gasteiger partial charge on any atom is 0.0981 e. The molecule has 2 nitrogen and oxygen atoms in total. The van der Waals surface area contributed by atoms with E-state index in [2.05, 4.69) is 48.4 Å². The second-order valence-corrected chi connectivity index (χ2v) is 5.58. The van der Waals surface area contributed by atoms with Crippen molar-refractivity contribution in [1.29, 1.82) is 0 Å². The summed E-state index contributed by atoms with van der Waals surface area (Å²) in [5.41, 5.74) is 2.65. The van der Waals surface area contributed by atoms with Gasteiger partial charge in [0.05, 0.1) is 12.4 Å². The highest BCUT2D eigenvalue weighted by Crippen LogP contribution is 2.37. The van der Waals surface area contributed by atoms with E-state index in [1.54, 1.807) is 6.34 Å². The van der Waals surface area contributed by atoms with E-state index in [1.807, 2.05) is 17.5 Å². The van der Waals surface area contributed by atoms with Crippen LogP contribution in [0, 0.1) is 13.8 Å². The number of nitrogens with one attached hydrogen (secondary N) is 1. The number of aryl methyl sites for hydroxylation is 2. The zero-order valence-corrected chi connectivity index (χ0v) is 11.9. The minimum Gasteiger partial charge on any atom is -0.353 e. The summed E-state index contributed by atoms with van der Waals surface area (Å²) < 4.78 is 1.35. The highest BCUT2D eigenvalue weighted by molar-refractivity contribution is 7.19. The Hall–Kier alpha value is -1.32. The highest BCUT2D eigenvalue weighted by Gasteiger charge is 2.17. The second-order valence-electron chi connectivity index (χ2n) is 4.32. The first-order valence-electron chi connectivity index (χ1n) is 5.70. The highest BCUT2D eigenvalue weighted by atomic mass is 35.5. The monoisotopic (exact) mass is 278 g/mol. The third-order valence-electron chi connectivity index (χ3n) is 3.05. The molecule has 1 unspecified atom stereocenters. The summed E-state index contributed by atoms with van der Waals surface area (Å²) in [6, 6.07) is 6.80. The SMILES string of the molecule is Cc1ccc2sc(C)c(C3C=CNC=N3)c2c1.Cl. The predicted octanol–water partition coefficient (Wildman–Crippen LogP) is 4.13. The predicted molar refractivity (Wildman–Crippen MR) is 82.1 cm³/mol. The number of hydrogen-bond donors (Lipinski definition) is 1. The Morgan fingerprint density at radius 3 is 2.83 bits per heavy atom. The van der Waals surface area contributed by atoms with E-state index in [-0.39, 0.29) is 18.4 Å². The van der Waals surface area contributed by atoms with Gasteiger partial charge in [0.2, 0.25) is 0 Å². The molecular formula is C14H15ClN2S. The topological polar surface area (TPSA) is 24.4 Å². The maximum atomic E-state index is 4.50. The van der Waals surface area contributed by atoms with E-state index in [1.165, 1.54) is 26.1 Å². The fourth-order valence-corrected chi connectivity index (χ4v) is 3.34. The molecule has 0 aliphatic carbocycles. The number of nitrogens with zero attached hydrogens (tertiary/aromatic N) is 1. The van der Waals surface area contributed by atoms with Crippen LogP contribution < -0.4 is 5.32 Å². The average Bonchev–Trinajstić information content (AvgIpc) is 2.65. The lowest BCUT2D eigenvalue weighted by Gasteiger charge is -2.12. The molecule has 0 bridgehead atoms. The molecule has 2 heterocycles. The van der Waals surface area contributed by atoms with Crippen molar-refractivity contribution < 1.29 is 0 Å². The Morgan fingerprint density at radius 1 is 1.28 bits per heavy atom. The van der Waals surface area contributed by atoms with Crippen LogP contribution >= 0.6 is 23.7 Å². The first kappa shape index (κ1) is 13.1.